The molecule has 2 N–H and O–H groups in total. The number of aromatic hydroxyl groups is 1. The maximum absolute atomic E-state index is 11.8. The van der Waals surface area contributed by atoms with Crippen LogP contribution in [-0.4, -0.2) is 30.8 Å². The van der Waals surface area contributed by atoms with Gasteiger partial charge in [0.15, 0.2) is 0 Å². The summed E-state index contributed by atoms with van der Waals surface area (Å²) in [6.07, 6.45) is 0.736. The van der Waals surface area contributed by atoms with E-state index in [9.17, 15) is 9.90 Å². The Morgan fingerprint density at radius 2 is 2.29 bits per heavy atom. The van der Waals surface area contributed by atoms with Gasteiger partial charge in [0.05, 0.1) is 5.56 Å². The smallest absolute Gasteiger partial charge is 0.255 e. The number of phenolic OH excluding ortho intramolecular Hbond substituents is 1. The summed E-state index contributed by atoms with van der Waals surface area (Å²) in [5.74, 6) is -0.311. The number of carbonyl (C=O) groups excluding carboxylic acids is 1. The van der Waals surface area contributed by atoms with Gasteiger partial charge in [-0.25, -0.2) is 0 Å². The third kappa shape index (κ3) is 4.36. The highest BCUT2D eigenvalue weighted by atomic mass is 79.9. The van der Waals surface area contributed by atoms with Crippen molar-refractivity contribution < 1.29 is 14.6 Å². The Hall–Kier alpha value is -1.07. The number of nitrogens with one attached hydrogen (secondary N) is 1. The van der Waals surface area contributed by atoms with Gasteiger partial charge in [0.25, 0.3) is 5.91 Å². The van der Waals surface area contributed by atoms with Crippen molar-refractivity contribution in [3.05, 3.63) is 28.2 Å². The van der Waals surface area contributed by atoms with Crippen LogP contribution >= 0.6 is 15.9 Å². The summed E-state index contributed by atoms with van der Waals surface area (Å²) in [7, 11) is 1.62. The zero-order valence-electron chi connectivity index (χ0n) is 9.87. The highest BCUT2D eigenvalue weighted by Gasteiger charge is 2.13. The molecule has 0 saturated heterocycles. The first-order valence-corrected chi connectivity index (χ1v) is 6.12. The summed E-state index contributed by atoms with van der Waals surface area (Å²) in [5, 5.41) is 12.4. The van der Waals surface area contributed by atoms with E-state index < -0.39 is 0 Å². The van der Waals surface area contributed by atoms with E-state index in [4.69, 9.17) is 4.74 Å². The molecule has 0 aliphatic rings. The molecule has 17 heavy (non-hydrogen) atoms. The standard InChI is InChI=1S/C12H16BrNO3/c1-8(5-6-17-2)14-12(16)10-4-3-9(13)7-11(10)15/h3-4,7-8,15H,5-6H2,1-2H3,(H,14,16). The summed E-state index contributed by atoms with van der Waals surface area (Å²) in [5.41, 5.74) is 0.275. The Labute approximate surface area is 109 Å². The van der Waals surface area contributed by atoms with Crippen molar-refractivity contribution in [2.75, 3.05) is 13.7 Å². The van der Waals surface area contributed by atoms with Crippen LogP contribution in [0.2, 0.25) is 0 Å². The van der Waals surface area contributed by atoms with E-state index in [1.165, 1.54) is 6.07 Å². The highest BCUT2D eigenvalue weighted by Crippen LogP contribution is 2.22. The van der Waals surface area contributed by atoms with E-state index in [2.05, 4.69) is 21.2 Å². The Kier molecular flexibility index (Phi) is 5.44. The molecule has 0 bridgehead atoms. The van der Waals surface area contributed by atoms with Crippen LogP contribution in [0.5, 0.6) is 5.75 Å². The number of rotatable bonds is 5. The van der Waals surface area contributed by atoms with Gasteiger partial charge in [-0.3, -0.25) is 4.79 Å². The average Bonchev–Trinajstić information content (AvgIpc) is 2.26. The van der Waals surface area contributed by atoms with Crippen LogP contribution in [0, 0.1) is 0 Å². The van der Waals surface area contributed by atoms with Crippen LogP contribution < -0.4 is 5.32 Å². The quantitative estimate of drug-likeness (QED) is 0.877. The molecule has 0 fully saturated rings. The number of methoxy groups -OCH3 is 1. The van der Waals surface area contributed by atoms with Gasteiger partial charge in [-0.15, -0.1) is 0 Å². The van der Waals surface area contributed by atoms with Gasteiger partial charge in [-0.1, -0.05) is 15.9 Å². The number of benzene rings is 1. The molecule has 1 atom stereocenters. The van der Waals surface area contributed by atoms with Crippen LogP contribution in [0.4, 0.5) is 0 Å². The fourth-order valence-corrected chi connectivity index (χ4v) is 1.71. The molecule has 1 rings (SSSR count). The van der Waals surface area contributed by atoms with E-state index in [0.29, 0.717) is 6.61 Å². The van der Waals surface area contributed by atoms with E-state index in [0.717, 1.165) is 10.9 Å². The van der Waals surface area contributed by atoms with Crippen molar-refractivity contribution in [1.29, 1.82) is 0 Å². The van der Waals surface area contributed by atoms with Crippen LogP contribution in [0.25, 0.3) is 0 Å². The van der Waals surface area contributed by atoms with Crippen molar-refractivity contribution in [3.63, 3.8) is 0 Å². The topological polar surface area (TPSA) is 58.6 Å². The van der Waals surface area contributed by atoms with Gasteiger partial charge in [0, 0.05) is 24.2 Å². The zero-order valence-corrected chi connectivity index (χ0v) is 11.5. The average molecular weight is 302 g/mol. The van der Waals surface area contributed by atoms with E-state index in [-0.39, 0.29) is 23.3 Å². The molecular weight excluding hydrogens is 286 g/mol. The molecule has 1 aromatic rings. The monoisotopic (exact) mass is 301 g/mol. The molecule has 94 valence electrons. The SMILES string of the molecule is COCCC(C)NC(=O)c1ccc(Br)cc1O. The number of halogens is 1. The van der Waals surface area contributed by atoms with Crippen LogP contribution in [-0.2, 0) is 4.74 Å². The summed E-state index contributed by atoms with van der Waals surface area (Å²) < 4.78 is 5.67. The second-order valence-corrected chi connectivity index (χ2v) is 4.73. The molecule has 0 aliphatic carbocycles. The maximum Gasteiger partial charge on any atom is 0.255 e. The molecule has 0 spiro atoms. The number of hydrogen-bond donors (Lipinski definition) is 2. The molecule has 0 aliphatic heterocycles. The summed E-state index contributed by atoms with van der Waals surface area (Å²) in [6, 6.07) is 4.80. The number of ether oxygens (including phenoxy) is 1. The van der Waals surface area contributed by atoms with E-state index in [1.807, 2.05) is 6.92 Å². The minimum Gasteiger partial charge on any atom is -0.507 e. The molecular formula is C12H16BrNO3. The van der Waals surface area contributed by atoms with E-state index >= 15 is 0 Å². The first-order chi connectivity index (χ1) is 8.04. The second kappa shape index (κ2) is 6.61. The van der Waals surface area contributed by atoms with Crippen molar-refractivity contribution in [2.24, 2.45) is 0 Å². The molecule has 0 radical (unpaired) electrons. The number of phenols is 1. The van der Waals surface area contributed by atoms with E-state index in [1.54, 1.807) is 19.2 Å². The molecule has 1 amide bonds. The van der Waals surface area contributed by atoms with Gasteiger partial charge in [0.2, 0.25) is 0 Å². The minimum atomic E-state index is -0.279. The van der Waals surface area contributed by atoms with Gasteiger partial charge in [-0.05, 0) is 31.5 Å². The van der Waals surface area contributed by atoms with Gasteiger partial charge in [-0.2, -0.15) is 0 Å². The molecule has 5 heteroatoms. The Morgan fingerprint density at radius 3 is 2.88 bits per heavy atom. The predicted octanol–water partition coefficient (Wildman–Crippen LogP) is 2.31. The predicted molar refractivity (Wildman–Crippen MR) is 69.2 cm³/mol. The molecule has 1 aromatic carbocycles. The van der Waals surface area contributed by atoms with Crippen molar-refractivity contribution in [2.45, 2.75) is 19.4 Å². The lowest BCUT2D eigenvalue weighted by Crippen LogP contribution is -2.33. The summed E-state index contributed by atoms with van der Waals surface area (Å²) in [6.45, 7) is 2.49. The van der Waals surface area contributed by atoms with Crippen molar-refractivity contribution >= 4 is 21.8 Å². The zero-order chi connectivity index (χ0) is 12.8. The van der Waals surface area contributed by atoms with Crippen LogP contribution in [0.3, 0.4) is 0 Å². The first-order valence-electron chi connectivity index (χ1n) is 5.33. The first kappa shape index (κ1) is 14.0. The number of carbonyl (C=O) groups is 1. The molecule has 0 aromatic heterocycles. The minimum absolute atomic E-state index is 0.00509. The van der Waals surface area contributed by atoms with Gasteiger partial charge in [0.1, 0.15) is 5.75 Å². The molecule has 0 saturated carbocycles. The lowest BCUT2D eigenvalue weighted by molar-refractivity contribution is 0.0927. The third-order valence-corrected chi connectivity index (χ3v) is 2.83. The second-order valence-electron chi connectivity index (χ2n) is 3.82. The summed E-state index contributed by atoms with van der Waals surface area (Å²) >= 11 is 3.22. The summed E-state index contributed by atoms with van der Waals surface area (Å²) in [4.78, 5) is 11.8. The number of amides is 1. The largest absolute Gasteiger partial charge is 0.507 e. The van der Waals surface area contributed by atoms with Crippen LogP contribution in [0.1, 0.15) is 23.7 Å². The fourth-order valence-electron chi connectivity index (χ4n) is 1.37. The number of hydrogen-bond acceptors (Lipinski definition) is 3. The lowest BCUT2D eigenvalue weighted by atomic mass is 10.1. The van der Waals surface area contributed by atoms with Gasteiger partial charge >= 0.3 is 0 Å². The van der Waals surface area contributed by atoms with Gasteiger partial charge < -0.3 is 15.2 Å². The Bertz CT molecular complexity index is 395. The van der Waals surface area contributed by atoms with Crippen LogP contribution in [0.15, 0.2) is 22.7 Å². The van der Waals surface area contributed by atoms with Crippen molar-refractivity contribution in [1.82, 2.24) is 5.32 Å². The highest BCUT2D eigenvalue weighted by molar-refractivity contribution is 9.10. The molecule has 1 unspecified atom stereocenters. The Morgan fingerprint density at radius 1 is 1.59 bits per heavy atom. The normalized spacial score (nSPS) is 12.2. The van der Waals surface area contributed by atoms with Crippen molar-refractivity contribution in [3.8, 4) is 5.75 Å². The molecule has 4 nitrogen and oxygen atoms in total. The fraction of sp³-hybridized carbons (Fsp3) is 0.417. The Balaban J connectivity index is 2.63. The third-order valence-electron chi connectivity index (χ3n) is 2.34. The maximum atomic E-state index is 11.8. The molecule has 0 heterocycles. The lowest BCUT2D eigenvalue weighted by Gasteiger charge is -2.13.